The van der Waals surface area contributed by atoms with E-state index in [9.17, 15) is 0 Å². The predicted molar refractivity (Wildman–Crippen MR) is 68.4 cm³/mol. The average Bonchev–Trinajstić information content (AvgIpc) is 3.06. The van der Waals surface area contributed by atoms with Crippen LogP contribution in [0.2, 0.25) is 5.15 Å². The number of hydrogen-bond donors (Lipinski definition) is 1. The summed E-state index contributed by atoms with van der Waals surface area (Å²) in [7, 11) is 0. The summed E-state index contributed by atoms with van der Waals surface area (Å²) in [6, 6.07) is 1.36. The Morgan fingerprint density at radius 3 is 2.94 bits per heavy atom. The molecule has 2 aliphatic rings. The van der Waals surface area contributed by atoms with Crippen LogP contribution in [0.25, 0.3) is 0 Å². The summed E-state index contributed by atoms with van der Waals surface area (Å²) < 4.78 is 0. The molecule has 1 aliphatic heterocycles. The van der Waals surface area contributed by atoms with Gasteiger partial charge >= 0.3 is 0 Å². The van der Waals surface area contributed by atoms with Crippen molar-refractivity contribution in [3.8, 4) is 0 Å². The van der Waals surface area contributed by atoms with Crippen molar-refractivity contribution in [3.63, 3.8) is 0 Å². The van der Waals surface area contributed by atoms with Gasteiger partial charge in [-0.15, -0.1) is 0 Å². The van der Waals surface area contributed by atoms with Crippen LogP contribution in [0.1, 0.15) is 24.8 Å². The second kappa shape index (κ2) is 4.42. The molecule has 4 nitrogen and oxygen atoms in total. The summed E-state index contributed by atoms with van der Waals surface area (Å²) in [5.74, 6) is 0.882. The Bertz CT molecular complexity index is 419. The minimum atomic E-state index is 0.500. The first kappa shape index (κ1) is 11.2. The van der Waals surface area contributed by atoms with Crippen LogP contribution in [0.3, 0.4) is 0 Å². The first-order chi connectivity index (χ1) is 8.24. The van der Waals surface area contributed by atoms with E-state index < -0.39 is 0 Å². The highest BCUT2D eigenvalue weighted by molar-refractivity contribution is 6.30. The van der Waals surface area contributed by atoms with E-state index in [0.717, 1.165) is 24.0 Å². The fourth-order valence-electron chi connectivity index (χ4n) is 2.44. The molecular formula is C12H17ClN4. The van der Waals surface area contributed by atoms with E-state index >= 15 is 0 Å². The summed E-state index contributed by atoms with van der Waals surface area (Å²) >= 11 is 5.99. The van der Waals surface area contributed by atoms with Gasteiger partial charge in [0.25, 0.3) is 0 Å². The lowest BCUT2D eigenvalue weighted by Gasteiger charge is -2.17. The highest BCUT2D eigenvalue weighted by atomic mass is 35.5. The summed E-state index contributed by atoms with van der Waals surface area (Å²) in [6.45, 7) is 4.30. The Balaban J connectivity index is 1.65. The molecule has 0 amide bonds. The largest absolute Gasteiger partial charge is 0.366 e. The number of anilines is 1. The van der Waals surface area contributed by atoms with Crippen molar-refractivity contribution in [2.45, 2.75) is 38.3 Å². The van der Waals surface area contributed by atoms with Crippen LogP contribution in [0, 0.1) is 6.92 Å². The zero-order chi connectivity index (χ0) is 11.8. The minimum absolute atomic E-state index is 0.500. The molecule has 0 spiro atoms. The number of nitrogens with one attached hydrogen (secondary N) is 1. The third-order valence-electron chi connectivity index (χ3n) is 3.65. The van der Waals surface area contributed by atoms with Crippen LogP contribution >= 0.6 is 11.6 Å². The van der Waals surface area contributed by atoms with Gasteiger partial charge in [-0.2, -0.15) is 0 Å². The summed E-state index contributed by atoms with van der Waals surface area (Å²) in [5.41, 5.74) is 0.944. The molecule has 1 aliphatic carbocycles. The van der Waals surface area contributed by atoms with Crippen LogP contribution in [0.15, 0.2) is 6.33 Å². The van der Waals surface area contributed by atoms with E-state index in [1.165, 1.54) is 32.1 Å². The molecule has 1 atom stereocenters. The lowest BCUT2D eigenvalue weighted by Crippen LogP contribution is -2.28. The molecule has 3 rings (SSSR count). The molecule has 1 aromatic heterocycles. The van der Waals surface area contributed by atoms with Gasteiger partial charge in [-0.1, -0.05) is 11.6 Å². The summed E-state index contributed by atoms with van der Waals surface area (Å²) in [5, 5.41) is 4.03. The Labute approximate surface area is 106 Å². The average molecular weight is 253 g/mol. The number of nitrogens with zero attached hydrogens (tertiary/aromatic N) is 3. The minimum Gasteiger partial charge on any atom is -0.366 e. The molecule has 1 saturated carbocycles. The van der Waals surface area contributed by atoms with Crippen molar-refractivity contribution in [1.29, 1.82) is 0 Å². The maximum atomic E-state index is 5.99. The van der Waals surface area contributed by atoms with Gasteiger partial charge in [0, 0.05) is 30.7 Å². The molecule has 1 unspecified atom stereocenters. The van der Waals surface area contributed by atoms with Crippen molar-refractivity contribution in [2.24, 2.45) is 0 Å². The monoisotopic (exact) mass is 252 g/mol. The maximum Gasteiger partial charge on any atom is 0.137 e. The van der Waals surface area contributed by atoms with Gasteiger partial charge < -0.3 is 5.32 Å². The number of likely N-dealkylation sites (tertiary alicyclic amines) is 1. The van der Waals surface area contributed by atoms with E-state index in [1.54, 1.807) is 0 Å². The normalized spacial score (nSPS) is 25.2. The Hall–Kier alpha value is -0.870. The molecule has 2 heterocycles. The van der Waals surface area contributed by atoms with Crippen LogP contribution in [-0.2, 0) is 0 Å². The highest BCUT2D eigenvalue weighted by Gasteiger charge is 2.34. The molecule has 1 aromatic rings. The maximum absolute atomic E-state index is 5.99. The van der Waals surface area contributed by atoms with Crippen molar-refractivity contribution >= 4 is 17.4 Å². The second-order valence-corrected chi connectivity index (χ2v) is 5.35. The number of hydrogen-bond acceptors (Lipinski definition) is 4. The first-order valence-electron chi connectivity index (χ1n) is 6.21. The fraction of sp³-hybridized carbons (Fsp3) is 0.667. The molecule has 1 saturated heterocycles. The zero-order valence-electron chi connectivity index (χ0n) is 9.99. The zero-order valence-corrected chi connectivity index (χ0v) is 10.7. The van der Waals surface area contributed by atoms with Gasteiger partial charge in [-0.05, 0) is 26.2 Å². The molecule has 0 aromatic carbocycles. The lowest BCUT2D eigenvalue weighted by atomic mass is 10.2. The van der Waals surface area contributed by atoms with E-state index in [4.69, 9.17) is 11.6 Å². The molecule has 0 radical (unpaired) electrons. The fourth-order valence-corrected chi connectivity index (χ4v) is 2.58. The SMILES string of the molecule is Cc1c(Cl)ncnc1NC1CCN(C2CC2)C1. The Kier molecular flexibility index (Phi) is 2.92. The van der Waals surface area contributed by atoms with E-state index in [2.05, 4.69) is 20.2 Å². The van der Waals surface area contributed by atoms with Gasteiger partial charge in [0.15, 0.2) is 0 Å². The van der Waals surface area contributed by atoms with Gasteiger partial charge in [-0.3, -0.25) is 4.90 Å². The quantitative estimate of drug-likeness (QED) is 0.837. The molecule has 92 valence electrons. The molecule has 17 heavy (non-hydrogen) atoms. The standard InChI is InChI=1S/C12H17ClN4/c1-8-11(13)14-7-15-12(8)16-9-4-5-17(6-9)10-2-3-10/h7,9-10H,2-6H2,1H3,(H,14,15,16). The van der Waals surface area contributed by atoms with E-state index in [0.29, 0.717) is 11.2 Å². The number of rotatable bonds is 3. The van der Waals surface area contributed by atoms with Gasteiger partial charge in [0.2, 0.25) is 0 Å². The highest BCUT2D eigenvalue weighted by Crippen LogP contribution is 2.30. The molecular weight excluding hydrogens is 236 g/mol. The Morgan fingerprint density at radius 2 is 2.18 bits per heavy atom. The Morgan fingerprint density at radius 1 is 1.35 bits per heavy atom. The summed E-state index contributed by atoms with van der Waals surface area (Å²) in [4.78, 5) is 10.8. The van der Waals surface area contributed by atoms with Gasteiger partial charge in [0.1, 0.15) is 17.3 Å². The predicted octanol–water partition coefficient (Wildman–Crippen LogP) is 2.09. The van der Waals surface area contributed by atoms with Crippen LogP contribution in [0.5, 0.6) is 0 Å². The topological polar surface area (TPSA) is 41.1 Å². The van der Waals surface area contributed by atoms with E-state index in [-0.39, 0.29) is 0 Å². The van der Waals surface area contributed by atoms with Crippen molar-refractivity contribution in [1.82, 2.24) is 14.9 Å². The van der Waals surface area contributed by atoms with Crippen molar-refractivity contribution in [2.75, 3.05) is 18.4 Å². The second-order valence-electron chi connectivity index (χ2n) is 4.99. The molecule has 1 N–H and O–H groups in total. The van der Waals surface area contributed by atoms with Crippen LogP contribution < -0.4 is 5.32 Å². The third kappa shape index (κ3) is 2.38. The van der Waals surface area contributed by atoms with Crippen molar-refractivity contribution in [3.05, 3.63) is 17.0 Å². The smallest absolute Gasteiger partial charge is 0.137 e. The number of halogens is 1. The molecule has 0 bridgehead atoms. The van der Waals surface area contributed by atoms with Gasteiger partial charge in [0.05, 0.1) is 0 Å². The third-order valence-corrected chi connectivity index (χ3v) is 4.03. The first-order valence-corrected chi connectivity index (χ1v) is 6.59. The van der Waals surface area contributed by atoms with E-state index in [1.807, 2.05) is 6.92 Å². The molecule has 5 heteroatoms. The lowest BCUT2D eigenvalue weighted by molar-refractivity contribution is 0.326. The van der Waals surface area contributed by atoms with Crippen LogP contribution in [-0.4, -0.2) is 40.0 Å². The molecule has 2 fully saturated rings. The van der Waals surface area contributed by atoms with Crippen LogP contribution in [0.4, 0.5) is 5.82 Å². The summed E-state index contributed by atoms with van der Waals surface area (Å²) in [6.07, 6.45) is 5.47. The van der Waals surface area contributed by atoms with Gasteiger partial charge in [-0.25, -0.2) is 9.97 Å². The van der Waals surface area contributed by atoms with Crippen molar-refractivity contribution < 1.29 is 0 Å². The number of aromatic nitrogens is 2.